The van der Waals surface area contributed by atoms with Gasteiger partial charge in [0.15, 0.2) is 0 Å². The Balaban J connectivity index is 1.65. The van der Waals surface area contributed by atoms with Crippen LogP contribution >= 0.6 is 0 Å². The van der Waals surface area contributed by atoms with Gasteiger partial charge in [0.1, 0.15) is 0 Å². The molecule has 2 saturated heterocycles. The van der Waals surface area contributed by atoms with Gasteiger partial charge in [-0.05, 0) is 51.4 Å². The van der Waals surface area contributed by atoms with Gasteiger partial charge in [0, 0.05) is 6.61 Å². The lowest BCUT2D eigenvalue weighted by molar-refractivity contribution is -0.128. The zero-order valence-corrected chi connectivity index (χ0v) is 12.8. The SMILES string of the molecule is CC1CCC(C(NN)C2CCOC3(CCCCC3)C2)O1. The summed E-state index contributed by atoms with van der Waals surface area (Å²) in [6.07, 6.45) is 11.8. The Morgan fingerprint density at radius 1 is 1.15 bits per heavy atom. The van der Waals surface area contributed by atoms with Crippen LogP contribution in [0.3, 0.4) is 0 Å². The number of hydrogen-bond acceptors (Lipinski definition) is 4. The van der Waals surface area contributed by atoms with Gasteiger partial charge in [-0.1, -0.05) is 19.3 Å². The van der Waals surface area contributed by atoms with Crippen LogP contribution in [0.4, 0.5) is 0 Å². The first-order valence-corrected chi connectivity index (χ1v) is 8.48. The minimum atomic E-state index is 0.153. The maximum Gasteiger partial charge on any atom is 0.0748 e. The van der Waals surface area contributed by atoms with Gasteiger partial charge in [0.05, 0.1) is 23.9 Å². The third-order valence-electron chi connectivity index (χ3n) is 5.66. The fraction of sp³-hybridized carbons (Fsp3) is 1.00. The summed E-state index contributed by atoms with van der Waals surface area (Å²) in [5.74, 6) is 6.48. The monoisotopic (exact) mass is 282 g/mol. The number of hydrazine groups is 1. The van der Waals surface area contributed by atoms with Crippen molar-refractivity contribution in [2.75, 3.05) is 6.61 Å². The van der Waals surface area contributed by atoms with E-state index in [0.29, 0.717) is 24.2 Å². The second-order valence-corrected chi connectivity index (χ2v) is 7.10. The molecular formula is C16H30N2O2. The number of hydrogen-bond donors (Lipinski definition) is 2. The van der Waals surface area contributed by atoms with E-state index in [4.69, 9.17) is 15.3 Å². The molecule has 0 aromatic rings. The van der Waals surface area contributed by atoms with E-state index in [1.165, 1.54) is 32.1 Å². The van der Waals surface area contributed by atoms with Crippen LogP contribution in [0.5, 0.6) is 0 Å². The molecule has 2 aliphatic heterocycles. The quantitative estimate of drug-likeness (QED) is 0.617. The number of nitrogens with one attached hydrogen (secondary N) is 1. The minimum absolute atomic E-state index is 0.153. The zero-order valence-electron chi connectivity index (χ0n) is 12.8. The molecule has 0 amide bonds. The number of nitrogens with two attached hydrogens (primary N) is 1. The van der Waals surface area contributed by atoms with Gasteiger partial charge in [-0.15, -0.1) is 0 Å². The van der Waals surface area contributed by atoms with Crippen LogP contribution in [0.1, 0.15) is 64.7 Å². The average Bonchev–Trinajstić information content (AvgIpc) is 2.87. The Morgan fingerprint density at radius 2 is 1.95 bits per heavy atom. The van der Waals surface area contributed by atoms with Crippen molar-refractivity contribution >= 4 is 0 Å². The van der Waals surface area contributed by atoms with Gasteiger partial charge in [-0.25, -0.2) is 0 Å². The molecule has 1 spiro atoms. The van der Waals surface area contributed by atoms with Crippen molar-refractivity contribution in [3.05, 3.63) is 0 Å². The standard InChI is InChI=1S/C16H30N2O2/c1-12-5-6-14(20-12)15(18-17)13-7-10-19-16(11-13)8-3-2-4-9-16/h12-15,18H,2-11,17H2,1H3. The molecule has 3 N–H and O–H groups in total. The first-order valence-electron chi connectivity index (χ1n) is 8.48. The zero-order chi connectivity index (χ0) is 14.0. The topological polar surface area (TPSA) is 56.5 Å². The van der Waals surface area contributed by atoms with Crippen molar-refractivity contribution in [3.63, 3.8) is 0 Å². The average molecular weight is 282 g/mol. The smallest absolute Gasteiger partial charge is 0.0748 e. The molecule has 3 rings (SSSR count). The molecule has 4 nitrogen and oxygen atoms in total. The van der Waals surface area contributed by atoms with Crippen LogP contribution < -0.4 is 11.3 Å². The lowest BCUT2D eigenvalue weighted by Crippen LogP contribution is -2.54. The van der Waals surface area contributed by atoms with Crippen LogP contribution in [-0.2, 0) is 9.47 Å². The molecule has 20 heavy (non-hydrogen) atoms. The number of rotatable bonds is 3. The highest BCUT2D eigenvalue weighted by Gasteiger charge is 2.43. The molecule has 4 unspecified atom stereocenters. The van der Waals surface area contributed by atoms with Crippen LogP contribution in [-0.4, -0.2) is 30.5 Å². The Kier molecular flexibility index (Phi) is 4.65. The molecular weight excluding hydrogens is 252 g/mol. The van der Waals surface area contributed by atoms with E-state index in [9.17, 15) is 0 Å². The third kappa shape index (κ3) is 3.03. The summed E-state index contributed by atoms with van der Waals surface area (Å²) in [7, 11) is 0. The summed E-state index contributed by atoms with van der Waals surface area (Å²) in [5, 5.41) is 0. The van der Waals surface area contributed by atoms with Gasteiger partial charge in [-0.3, -0.25) is 11.3 Å². The van der Waals surface area contributed by atoms with Crippen molar-refractivity contribution in [2.45, 2.75) is 88.6 Å². The van der Waals surface area contributed by atoms with Gasteiger partial charge < -0.3 is 9.47 Å². The molecule has 0 aromatic heterocycles. The largest absolute Gasteiger partial charge is 0.375 e. The summed E-state index contributed by atoms with van der Waals surface area (Å²) >= 11 is 0. The summed E-state index contributed by atoms with van der Waals surface area (Å²) in [6, 6.07) is 0.294. The Bertz CT molecular complexity index is 312. The highest BCUT2D eigenvalue weighted by molar-refractivity contribution is 4.95. The minimum Gasteiger partial charge on any atom is -0.375 e. The highest BCUT2D eigenvalue weighted by atomic mass is 16.5. The maximum absolute atomic E-state index is 6.21. The van der Waals surface area contributed by atoms with E-state index in [1.54, 1.807) is 0 Å². The predicted octanol–water partition coefficient (Wildman–Crippen LogP) is 2.52. The first-order chi connectivity index (χ1) is 9.72. The summed E-state index contributed by atoms with van der Waals surface area (Å²) < 4.78 is 12.3. The molecule has 4 heteroatoms. The Hall–Kier alpha value is -0.160. The van der Waals surface area contributed by atoms with E-state index < -0.39 is 0 Å². The van der Waals surface area contributed by atoms with Crippen LogP contribution in [0.2, 0.25) is 0 Å². The van der Waals surface area contributed by atoms with E-state index in [1.807, 2.05) is 0 Å². The normalized spacial score (nSPS) is 39.0. The molecule has 0 radical (unpaired) electrons. The molecule has 1 saturated carbocycles. The molecule has 3 aliphatic rings. The van der Waals surface area contributed by atoms with Crippen molar-refractivity contribution < 1.29 is 9.47 Å². The maximum atomic E-state index is 6.21. The highest BCUT2D eigenvalue weighted by Crippen LogP contribution is 2.42. The van der Waals surface area contributed by atoms with Crippen LogP contribution in [0.25, 0.3) is 0 Å². The van der Waals surface area contributed by atoms with E-state index in [-0.39, 0.29) is 5.60 Å². The molecule has 4 atom stereocenters. The molecule has 2 heterocycles. The van der Waals surface area contributed by atoms with Crippen molar-refractivity contribution in [2.24, 2.45) is 11.8 Å². The fourth-order valence-electron chi connectivity index (χ4n) is 4.56. The molecule has 3 fully saturated rings. The van der Waals surface area contributed by atoms with Crippen LogP contribution in [0.15, 0.2) is 0 Å². The lowest BCUT2D eigenvalue weighted by atomic mass is 9.73. The Labute approximate surface area is 122 Å². The second-order valence-electron chi connectivity index (χ2n) is 7.10. The van der Waals surface area contributed by atoms with Crippen molar-refractivity contribution in [3.8, 4) is 0 Å². The molecule has 1 aliphatic carbocycles. The first kappa shape index (κ1) is 14.8. The predicted molar refractivity (Wildman–Crippen MR) is 79.2 cm³/mol. The summed E-state index contributed by atoms with van der Waals surface area (Å²) in [6.45, 7) is 3.06. The third-order valence-corrected chi connectivity index (χ3v) is 5.66. The van der Waals surface area contributed by atoms with Crippen molar-refractivity contribution in [1.29, 1.82) is 0 Å². The van der Waals surface area contributed by atoms with E-state index in [2.05, 4.69) is 12.3 Å². The van der Waals surface area contributed by atoms with Crippen LogP contribution in [0, 0.1) is 5.92 Å². The fourth-order valence-corrected chi connectivity index (χ4v) is 4.56. The molecule has 116 valence electrons. The van der Waals surface area contributed by atoms with Crippen molar-refractivity contribution in [1.82, 2.24) is 5.43 Å². The Morgan fingerprint density at radius 3 is 2.60 bits per heavy atom. The summed E-state index contributed by atoms with van der Waals surface area (Å²) in [4.78, 5) is 0. The van der Waals surface area contributed by atoms with Gasteiger partial charge >= 0.3 is 0 Å². The number of ether oxygens (including phenoxy) is 2. The van der Waals surface area contributed by atoms with Gasteiger partial charge in [0.2, 0.25) is 0 Å². The van der Waals surface area contributed by atoms with E-state index in [0.717, 1.165) is 32.3 Å². The van der Waals surface area contributed by atoms with Gasteiger partial charge in [0.25, 0.3) is 0 Å². The molecule has 0 aromatic carbocycles. The molecule has 0 bridgehead atoms. The second kappa shape index (κ2) is 6.30. The summed E-state index contributed by atoms with van der Waals surface area (Å²) in [5.41, 5.74) is 3.23. The lowest BCUT2D eigenvalue weighted by Gasteiger charge is -2.46. The van der Waals surface area contributed by atoms with Gasteiger partial charge in [-0.2, -0.15) is 0 Å². The van der Waals surface area contributed by atoms with E-state index >= 15 is 0 Å².